The van der Waals surface area contributed by atoms with Gasteiger partial charge in [0.25, 0.3) is 5.91 Å². The number of amides is 1. The summed E-state index contributed by atoms with van der Waals surface area (Å²) in [6.45, 7) is 1.62. The molecule has 0 fully saturated rings. The predicted octanol–water partition coefficient (Wildman–Crippen LogP) is 3.90. The molecule has 0 atom stereocenters. The lowest BCUT2D eigenvalue weighted by Gasteiger charge is -2.06. The highest BCUT2D eigenvalue weighted by Gasteiger charge is 2.27. The Morgan fingerprint density at radius 2 is 1.81 bits per heavy atom. The molecule has 4 rings (SSSR count). The minimum Gasteiger partial charge on any atom is -0.481 e. The summed E-state index contributed by atoms with van der Waals surface area (Å²) in [7, 11) is -3.60. The Morgan fingerprint density at radius 3 is 2.47 bits per heavy atom. The zero-order valence-corrected chi connectivity index (χ0v) is 18.4. The van der Waals surface area contributed by atoms with Crippen molar-refractivity contribution in [2.45, 2.75) is 24.7 Å². The van der Waals surface area contributed by atoms with Crippen LogP contribution in [0.5, 0.6) is 0 Å². The highest BCUT2D eigenvalue weighted by Crippen LogP contribution is 2.37. The van der Waals surface area contributed by atoms with Gasteiger partial charge in [0, 0.05) is 35.3 Å². The van der Waals surface area contributed by atoms with E-state index in [1.165, 1.54) is 0 Å². The summed E-state index contributed by atoms with van der Waals surface area (Å²) in [5, 5.41) is 12.0. The standard InChI is InChI=1S/C24H22N2O5S/c1-14-23(32(2,30)31)17(9-11-22(27)28)21(25-14)13-19-18-12-16(15-6-4-3-5-7-15)8-10-20(18)26-24(19)29/h3-8,10,12-13,25H,9,11H2,1-2H3,(H,26,29)(H,27,28)/b19-13-. The van der Waals surface area contributed by atoms with E-state index in [9.17, 15) is 18.0 Å². The normalized spacial score (nSPS) is 14.4. The monoisotopic (exact) mass is 450 g/mol. The first-order chi connectivity index (χ1) is 15.1. The Labute approximate surface area is 185 Å². The summed E-state index contributed by atoms with van der Waals surface area (Å²) >= 11 is 0. The molecule has 8 heteroatoms. The number of carboxylic acid groups (broad SMARTS) is 1. The highest BCUT2D eigenvalue weighted by molar-refractivity contribution is 7.90. The van der Waals surface area contributed by atoms with Gasteiger partial charge in [0.15, 0.2) is 9.84 Å². The molecule has 2 heterocycles. The van der Waals surface area contributed by atoms with Crippen LogP contribution in [0.3, 0.4) is 0 Å². The van der Waals surface area contributed by atoms with Crippen molar-refractivity contribution in [3.63, 3.8) is 0 Å². The van der Waals surface area contributed by atoms with Gasteiger partial charge < -0.3 is 15.4 Å². The van der Waals surface area contributed by atoms with E-state index >= 15 is 0 Å². The fourth-order valence-electron chi connectivity index (χ4n) is 4.07. The van der Waals surface area contributed by atoms with Gasteiger partial charge in [-0.1, -0.05) is 36.4 Å². The second-order valence-electron chi connectivity index (χ2n) is 7.78. The maximum atomic E-state index is 12.7. The number of rotatable bonds is 6. The van der Waals surface area contributed by atoms with Crippen LogP contribution in [0, 0.1) is 6.92 Å². The molecule has 0 spiro atoms. The van der Waals surface area contributed by atoms with E-state index in [4.69, 9.17) is 5.11 Å². The summed E-state index contributed by atoms with van der Waals surface area (Å²) in [6.07, 6.45) is 2.50. The first kappa shape index (κ1) is 21.6. The Balaban J connectivity index is 1.85. The van der Waals surface area contributed by atoms with Gasteiger partial charge in [0.1, 0.15) is 0 Å². The first-order valence-electron chi connectivity index (χ1n) is 10.0. The van der Waals surface area contributed by atoms with Gasteiger partial charge in [0.2, 0.25) is 0 Å². The second-order valence-corrected chi connectivity index (χ2v) is 9.73. The molecule has 1 aliphatic rings. The lowest BCUT2D eigenvalue weighted by Crippen LogP contribution is -2.06. The summed E-state index contributed by atoms with van der Waals surface area (Å²) in [4.78, 5) is 27.0. The average Bonchev–Trinajstić information content (AvgIpc) is 3.22. The van der Waals surface area contributed by atoms with Crippen molar-refractivity contribution < 1.29 is 23.1 Å². The number of nitrogens with one attached hydrogen (secondary N) is 2. The molecule has 1 aliphatic heterocycles. The zero-order chi connectivity index (χ0) is 23.0. The van der Waals surface area contributed by atoms with Crippen LogP contribution in [0.1, 0.15) is 28.9 Å². The highest BCUT2D eigenvalue weighted by atomic mass is 32.2. The molecular formula is C24H22N2O5S. The van der Waals surface area contributed by atoms with Crippen molar-refractivity contribution in [2.24, 2.45) is 0 Å². The number of anilines is 1. The quantitative estimate of drug-likeness (QED) is 0.493. The molecule has 0 saturated heterocycles. The molecule has 3 N–H and O–H groups in total. The molecule has 1 aromatic heterocycles. The SMILES string of the molecule is Cc1[nH]c(/C=C2\C(=O)Nc3ccc(-c4ccccc4)cc32)c(CCC(=O)O)c1S(C)(=O)=O. The number of hydrogen-bond acceptors (Lipinski definition) is 4. The van der Waals surface area contributed by atoms with Gasteiger partial charge >= 0.3 is 5.97 Å². The number of aromatic amines is 1. The summed E-state index contributed by atoms with van der Waals surface area (Å²) in [5.74, 6) is -1.33. The summed E-state index contributed by atoms with van der Waals surface area (Å²) in [6, 6.07) is 15.4. The van der Waals surface area contributed by atoms with Gasteiger partial charge in [-0.25, -0.2) is 8.42 Å². The van der Waals surface area contributed by atoms with Crippen LogP contribution in [0.2, 0.25) is 0 Å². The molecule has 0 unspecified atom stereocenters. The molecule has 0 bridgehead atoms. The number of carbonyl (C=O) groups is 2. The van der Waals surface area contributed by atoms with E-state index in [1.54, 1.807) is 13.0 Å². The lowest BCUT2D eigenvalue weighted by atomic mass is 9.98. The van der Waals surface area contributed by atoms with Crippen molar-refractivity contribution in [1.82, 2.24) is 4.98 Å². The number of H-pyrrole nitrogens is 1. The average molecular weight is 451 g/mol. The fourth-order valence-corrected chi connectivity index (χ4v) is 5.34. The minimum absolute atomic E-state index is 0.0275. The Morgan fingerprint density at radius 1 is 1.09 bits per heavy atom. The molecule has 0 radical (unpaired) electrons. The topological polar surface area (TPSA) is 116 Å². The minimum atomic E-state index is -3.60. The second kappa shape index (κ2) is 8.12. The molecular weight excluding hydrogens is 428 g/mol. The number of aromatic nitrogens is 1. The van der Waals surface area contributed by atoms with Crippen LogP contribution in [0.15, 0.2) is 53.4 Å². The molecule has 0 aliphatic carbocycles. The van der Waals surface area contributed by atoms with Gasteiger partial charge in [0.05, 0.1) is 10.5 Å². The van der Waals surface area contributed by atoms with Gasteiger partial charge in [-0.2, -0.15) is 0 Å². The van der Waals surface area contributed by atoms with E-state index in [2.05, 4.69) is 10.3 Å². The number of benzene rings is 2. The van der Waals surface area contributed by atoms with Crippen LogP contribution >= 0.6 is 0 Å². The lowest BCUT2D eigenvalue weighted by molar-refractivity contribution is -0.137. The van der Waals surface area contributed by atoms with Crippen LogP contribution in [-0.4, -0.2) is 36.6 Å². The van der Waals surface area contributed by atoms with E-state index < -0.39 is 15.8 Å². The van der Waals surface area contributed by atoms with Crippen LogP contribution in [0.4, 0.5) is 5.69 Å². The first-order valence-corrected chi connectivity index (χ1v) is 11.9. The maximum Gasteiger partial charge on any atom is 0.303 e. The van der Waals surface area contributed by atoms with Crippen molar-refractivity contribution in [1.29, 1.82) is 0 Å². The molecule has 3 aromatic rings. The molecule has 2 aromatic carbocycles. The smallest absolute Gasteiger partial charge is 0.303 e. The third-order valence-electron chi connectivity index (χ3n) is 5.42. The van der Waals surface area contributed by atoms with Gasteiger partial charge in [-0.15, -0.1) is 0 Å². The molecule has 1 amide bonds. The summed E-state index contributed by atoms with van der Waals surface area (Å²) in [5.41, 5.74) is 4.91. The fraction of sp³-hybridized carbons (Fsp3) is 0.167. The van der Waals surface area contributed by atoms with E-state index in [0.29, 0.717) is 33.8 Å². The van der Waals surface area contributed by atoms with E-state index in [1.807, 2.05) is 48.5 Å². The maximum absolute atomic E-state index is 12.7. The molecule has 164 valence electrons. The van der Waals surface area contributed by atoms with E-state index in [-0.39, 0.29) is 23.6 Å². The number of hydrogen-bond donors (Lipinski definition) is 3. The van der Waals surface area contributed by atoms with Crippen LogP contribution in [-0.2, 0) is 25.8 Å². The zero-order valence-electron chi connectivity index (χ0n) is 17.6. The molecule has 32 heavy (non-hydrogen) atoms. The largest absolute Gasteiger partial charge is 0.481 e. The van der Waals surface area contributed by atoms with Gasteiger partial charge in [-0.3, -0.25) is 9.59 Å². The Hall–Kier alpha value is -3.65. The van der Waals surface area contributed by atoms with E-state index in [0.717, 1.165) is 17.4 Å². The third-order valence-corrected chi connectivity index (χ3v) is 6.71. The van der Waals surface area contributed by atoms with Crippen LogP contribution < -0.4 is 5.32 Å². The molecule has 0 saturated carbocycles. The number of carbonyl (C=O) groups excluding carboxylic acids is 1. The summed E-state index contributed by atoms with van der Waals surface area (Å²) < 4.78 is 24.7. The third kappa shape index (κ3) is 4.09. The van der Waals surface area contributed by atoms with Crippen LogP contribution in [0.25, 0.3) is 22.8 Å². The predicted molar refractivity (Wildman–Crippen MR) is 123 cm³/mol. The molecule has 7 nitrogen and oxygen atoms in total. The number of aryl methyl sites for hydroxylation is 1. The number of carboxylic acids is 1. The van der Waals surface area contributed by atoms with Crippen molar-refractivity contribution >= 4 is 39.1 Å². The number of aliphatic carboxylic acids is 1. The van der Waals surface area contributed by atoms with Crippen molar-refractivity contribution in [2.75, 3.05) is 11.6 Å². The van der Waals surface area contributed by atoms with Crippen molar-refractivity contribution in [3.8, 4) is 11.1 Å². The number of sulfone groups is 1. The number of fused-ring (bicyclic) bond motifs is 1. The Kier molecular flexibility index (Phi) is 5.48. The Bertz CT molecular complexity index is 1370. The van der Waals surface area contributed by atoms with Gasteiger partial charge in [-0.05, 0) is 48.2 Å². The van der Waals surface area contributed by atoms with Crippen molar-refractivity contribution in [3.05, 3.63) is 71.0 Å².